The average molecular weight is 347 g/mol. The molecule has 0 spiro atoms. The Morgan fingerprint density at radius 2 is 2.00 bits per heavy atom. The Bertz CT molecular complexity index is 940. The molecule has 1 amide bonds. The van der Waals surface area contributed by atoms with E-state index in [-0.39, 0.29) is 11.5 Å². The van der Waals surface area contributed by atoms with E-state index >= 15 is 0 Å². The van der Waals surface area contributed by atoms with Gasteiger partial charge in [0.15, 0.2) is 5.82 Å². The summed E-state index contributed by atoms with van der Waals surface area (Å²) >= 11 is 0. The molecule has 0 bridgehead atoms. The molecule has 0 saturated carbocycles. The topological polar surface area (TPSA) is 84.7 Å². The van der Waals surface area contributed by atoms with E-state index in [1.807, 2.05) is 19.1 Å². The highest BCUT2D eigenvalue weighted by atomic mass is 19.3. The van der Waals surface area contributed by atoms with E-state index in [4.69, 9.17) is 0 Å². The van der Waals surface area contributed by atoms with Crippen LogP contribution in [0, 0.1) is 6.92 Å². The second kappa shape index (κ2) is 6.71. The summed E-state index contributed by atoms with van der Waals surface area (Å²) in [5.74, 6) is -0.472. The first-order chi connectivity index (χ1) is 11.9. The molecule has 0 saturated heterocycles. The molecule has 0 aliphatic carbocycles. The number of hydrogen-bond donors (Lipinski definition) is 2. The Kier molecular flexibility index (Phi) is 4.46. The van der Waals surface area contributed by atoms with Crippen LogP contribution in [0.25, 0.3) is 5.69 Å². The van der Waals surface area contributed by atoms with Crippen molar-refractivity contribution in [2.75, 3.05) is 5.32 Å². The number of rotatable bonds is 5. The van der Waals surface area contributed by atoms with Gasteiger partial charge in [-0.05, 0) is 19.1 Å². The van der Waals surface area contributed by atoms with Crippen molar-refractivity contribution in [2.45, 2.75) is 19.9 Å². The fourth-order valence-electron chi connectivity index (χ4n) is 2.25. The number of nitrogens with zero attached hydrogens (tertiary/aromatic N) is 3. The average Bonchev–Trinajstić information content (AvgIpc) is 3.14. The lowest BCUT2D eigenvalue weighted by Crippen LogP contribution is -2.15. The van der Waals surface area contributed by atoms with Gasteiger partial charge in [-0.15, -0.1) is 0 Å². The summed E-state index contributed by atoms with van der Waals surface area (Å²) in [5.41, 5.74) is 1.28. The van der Waals surface area contributed by atoms with Gasteiger partial charge in [-0.2, -0.15) is 5.10 Å². The van der Waals surface area contributed by atoms with Crippen LogP contribution in [0.1, 0.15) is 16.1 Å². The van der Waals surface area contributed by atoms with Crippen LogP contribution in [0.2, 0.25) is 0 Å². The van der Waals surface area contributed by atoms with Crippen LogP contribution in [0.5, 0.6) is 0 Å². The second-order valence-corrected chi connectivity index (χ2v) is 5.45. The summed E-state index contributed by atoms with van der Waals surface area (Å²) in [5, 5.41) is 8.99. The van der Waals surface area contributed by atoms with Crippen LogP contribution in [0.15, 0.2) is 47.4 Å². The summed E-state index contributed by atoms with van der Waals surface area (Å²) in [6.07, 6.45) is -1.20. The quantitative estimate of drug-likeness (QED) is 0.742. The van der Waals surface area contributed by atoms with Crippen molar-refractivity contribution in [3.05, 3.63) is 64.2 Å². The highest BCUT2D eigenvalue weighted by molar-refractivity contribution is 6.02. The Balaban J connectivity index is 1.77. The maximum absolute atomic E-state index is 12.3. The molecule has 2 N–H and O–H groups in total. The lowest BCUT2D eigenvalue weighted by atomic mass is 10.2. The second-order valence-electron chi connectivity index (χ2n) is 5.45. The van der Waals surface area contributed by atoms with E-state index < -0.39 is 24.4 Å². The minimum absolute atomic E-state index is 0.0361. The van der Waals surface area contributed by atoms with Gasteiger partial charge >= 0.3 is 0 Å². The number of carbonyl (C=O) groups is 1. The minimum Gasteiger partial charge on any atom is -0.304 e. The van der Waals surface area contributed by atoms with Crippen LogP contribution in [-0.4, -0.2) is 31.9 Å². The number of carbonyl (C=O) groups excluding carboxylic acids is 1. The van der Waals surface area contributed by atoms with Crippen LogP contribution < -0.4 is 10.9 Å². The number of halogens is 2. The Morgan fingerprint density at radius 3 is 2.68 bits per heavy atom. The van der Waals surface area contributed by atoms with Crippen molar-refractivity contribution < 1.29 is 13.6 Å². The van der Waals surface area contributed by atoms with Crippen molar-refractivity contribution in [1.29, 1.82) is 0 Å². The number of amides is 1. The fourth-order valence-corrected chi connectivity index (χ4v) is 2.25. The normalized spacial score (nSPS) is 11.0. The van der Waals surface area contributed by atoms with Crippen LogP contribution in [-0.2, 0) is 6.54 Å². The number of alkyl halides is 2. The minimum atomic E-state index is -2.54. The van der Waals surface area contributed by atoms with E-state index in [2.05, 4.69) is 15.5 Å². The van der Waals surface area contributed by atoms with E-state index in [1.165, 1.54) is 16.9 Å². The Labute approximate surface area is 140 Å². The van der Waals surface area contributed by atoms with Crippen LogP contribution in [0.4, 0.5) is 14.6 Å². The van der Waals surface area contributed by atoms with E-state index in [0.717, 1.165) is 16.3 Å². The summed E-state index contributed by atoms with van der Waals surface area (Å²) < 4.78 is 26.9. The lowest BCUT2D eigenvalue weighted by Gasteiger charge is -2.03. The number of H-pyrrole nitrogens is 1. The molecule has 2 heterocycles. The molecule has 0 unspecified atom stereocenters. The molecule has 130 valence electrons. The van der Waals surface area contributed by atoms with Crippen molar-refractivity contribution in [3.8, 4) is 5.69 Å². The molecular formula is C16H15F2N5O2. The zero-order valence-electron chi connectivity index (χ0n) is 13.2. The molecule has 7 nitrogen and oxygen atoms in total. The number of nitrogens with one attached hydrogen (secondary N) is 2. The molecule has 0 aliphatic heterocycles. The first kappa shape index (κ1) is 16.6. The van der Waals surface area contributed by atoms with Crippen molar-refractivity contribution in [3.63, 3.8) is 0 Å². The monoisotopic (exact) mass is 347 g/mol. The van der Waals surface area contributed by atoms with Gasteiger partial charge in [0.1, 0.15) is 12.2 Å². The number of hydrogen-bond acceptors (Lipinski definition) is 3. The first-order valence-electron chi connectivity index (χ1n) is 7.44. The van der Waals surface area contributed by atoms with Gasteiger partial charge in [-0.25, -0.2) is 13.5 Å². The molecule has 1 aromatic carbocycles. The number of aromatic nitrogens is 4. The largest absolute Gasteiger partial charge is 0.304 e. The number of aromatic amines is 1. The maximum atomic E-state index is 12.3. The van der Waals surface area contributed by atoms with Gasteiger partial charge in [0, 0.05) is 18.3 Å². The fraction of sp³-hybridized carbons (Fsp3) is 0.188. The number of benzene rings is 1. The SMILES string of the molecule is Cc1ccc(-n2[nH]c(C(=O)Nc3ccn(CC(F)F)n3)cc2=O)cc1. The predicted octanol–water partition coefficient (Wildman–Crippen LogP) is 2.19. The standard InChI is InChI=1S/C16H15F2N5O2/c1-10-2-4-11(5-3-10)23-15(24)8-12(20-23)16(25)19-14-6-7-22(21-14)9-13(17)18/h2-8,13,20H,9H2,1H3,(H,19,21,25). The van der Waals surface area contributed by atoms with Crippen molar-refractivity contribution in [2.24, 2.45) is 0 Å². The Morgan fingerprint density at radius 1 is 1.28 bits per heavy atom. The summed E-state index contributed by atoms with van der Waals surface area (Å²) in [7, 11) is 0. The van der Waals surface area contributed by atoms with Crippen LogP contribution >= 0.6 is 0 Å². The molecule has 3 aromatic rings. The van der Waals surface area contributed by atoms with Gasteiger partial charge in [0.25, 0.3) is 17.9 Å². The van der Waals surface area contributed by atoms with E-state index in [9.17, 15) is 18.4 Å². The molecule has 25 heavy (non-hydrogen) atoms. The molecule has 0 aliphatic rings. The molecule has 2 aromatic heterocycles. The zero-order chi connectivity index (χ0) is 18.0. The molecule has 3 rings (SSSR count). The number of anilines is 1. The number of aryl methyl sites for hydroxylation is 1. The summed E-state index contributed by atoms with van der Waals surface area (Å²) in [6.45, 7) is 1.36. The molecule has 0 atom stereocenters. The molecular weight excluding hydrogens is 332 g/mol. The van der Waals surface area contributed by atoms with Gasteiger partial charge in [-0.3, -0.25) is 19.4 Å². The smallest absolute Gasteiger partial charge is 0.274 e. The van der Waals surface area contributed by atoms with Crippen molar-refractivity contribution >= 4 is 11.7 Å². The maximum Gasteiger partial charge on any atom is 0.274 e. The zero-order valence-corrected chi connectivity index (χ0v) is 13.2. The molecule has 0 fully saturated rings. The Hall–Kier alpha value is -3.23. The third-order valence-corrected chi connectivity index (χ3v) is 3.46. The third-order valence-electron chi connectivity index (χ3n) is 3.46. The first-order valence-corrected chi connectivity index (χ1v) is 7.44. The van der Waals surface area contributed by atoms with Gasteiger partial charge in [0.2, 0.25) is 0 Å². The van der Waals surface area contributed by atoms with E-state index in [1.54, 1.807) is 12.1 Å². The lowest BCUT2D eigenvalue weighted by molar-refractivity contribution is 0.102. The summed E-state index contributed by atoms with van der Waals surface area (Å²) in [6, 6.07) is 9.75. The summed E-state index contributed by atoms with van der Waals surface area (Å²) in [4.78, 5) is 24.3. The van der Waals surface area contributed by atoms with Gasteiger partial charge in [0.05, 0.1) is 5.69 Å². The molecule has 0 radical (unpaired) electrons. The van der Waals surface area contributed by atoms with Crippen molar-refractivity contribution in [1.82, 2.24) is 19.6 Å². The van der Waals surface area contributed by atoms with Gasteiger partial charge < -0.3 is 5.32 Å². The third kappa shape index (κ3) is 3.82. The van der Waals surface area contributed by atoms with Gasteiger partial charge in [-0.1, -0.05) is 17.7 Å². The highest BCUT2D eigenvalue weighted by Gasteiger charge is 2.14. The highest BCUT2D eigenvalue weighted by Crippen LogP contribution is 2.09. The molecule has 9 heteroatoms. The van der Waals surface area contributed by atoms with Crippen LogP contribution in [0.3, 0.4) is 0 Å². The predicted molar refractivity (Wildman–Crippen MR) is 87.3 cm³/mol. The van der Waals surface area contributed by atoms with E-state index in [0.29, 0.717) is 5.69 Å².